The Hall–Kier alpha value is -2.33. The molecule has 21 heavy (non-hydrogen) atoms. The molecule has 2 aromatic rings. The number of aliphatic hydroxyl groups is 1. The average Bonchev–Trinajstić information content (AvgIpc) is 2.54. The molecule has 2 N–H and O–H groups in total. The first-order valence-electron chi connectivity index (χ1n) is 6.96. The zero-order valence-corrected chi connectivity index (χ0v) is 12.3. The molecular formula is C17H20N2O2. The number of aliphatic hydroxyl groups excluding tert-OH is 1. The lowest BCUT2D eigenvalue weighted by Crippen LogP contribution is -2.16. The van der Waals surface area contributed by atoms with Crippen molar-refractivity contribution in [3.63, 3.8) is 0 Å². The number of hydrogen-bond acceptors (Lipinski definition) is 3. The third-order valence-corrected chi connectivity index (χ3v) is 3.41. The van der Waals surface area contributed by atoms with E-state index in [0.29, 0.717) is 11.3 Å². The number of nitrogens with zero attached hydrogens (tertiary/aromatic N) is 1. The normalized spacial score (nSPS) is 10.2. The number of nitrogens with one attached hydrogen (secondary N) is 1. The summed E-state index contributed by atoms with van der Waals surface area (Å²) in [7, 11) is 2.01. The molecule has 2 aromatic carbocycles. The second-order valence-corrected chi connectivity index (χ2v) is 4.87. The lowest BCUT2D eigenvalue weighted by Gasteiger charge is -2.16. The maximum absolute atomic E-state index is 12.2. The van der Waals surface area contributed by atoms with E-state index >= 15 is 0 Å². The molecular weight excluding hydrogens is 264 g/mol. The van der Waals surface area contributed by atoms with Crippen molar-refractivity contribution in [2.45, 2.75) is 13.5 Å². The SMILES string of the molecule is CCN(C)c1ccc(C(=O)Nc2cccc(CO)c2)cc1. The molecule has 1 amide bonds. The van der Waals surface area contributed by atoms with Crippen LogP contribution in [0.1, 0.15) is 22.8 Å². The second-order valence-electron chi connectivity index (χ2n) is 4.87. The molecule has 0 spiro atoms. The molecule has 0 aliphatic heterocycles. The first kappa shape index (κ1) is 15.1. The number of amides is 1. The van der Waals surface area contributed by atoms with Crippen LogP contribution in [0.2, 0.25) is 0 Å². The summed E-state index contributed by atoms with van der Waals surface area (Å²) in [6.07, 6.45) is 0. The standard InChI is InChI=1S/C17H20N2O2/c1-3-19(2)16-9-7-14(8-10-16)17(21)18-15-6-4-5-13(11-15)12-20/h4-11,20H,3,12H2,1-2H3,(H,18,21). The molecule has 0 radical (unpaired) electrons. The van der Waals surface area contributed by atoms with E-state index in [2.05, 4.69) is 17.1 Å². The lowest BCUT2D eigenvalue weighted by molar-refractivity contribution is 0.102. The minimum atomic E-state index is -0.157. The summed E-state index contributed by atoms with van der Waals surface area (Å²) in [6.45, 7) is 2.95. The van der Waals surface area contributed by atoms with Crippen LogP contribution in [-0.2, 0) is 6.61 Å². The van der Waals surface area contributed by atoms with Crippen LogP contribution in [-0.4, -0.2) is 24.6 Å². The summed E-state index contributed by atoms with van der Waals surface area (Å²) >= 11 is 0. The Morgan fingerprint density at radius 1 is 1.19 bits per heavy atom. The van der Waals surface area contributed by atoms with E-state index in [0.717, 1.165) is 17.8 Å². The van der Waals surface area contributed by atoms with Crippen molar-refractivity contribution < 1.29 is 9.90 Å². The van der Waals surface area contributed by atoms with Crippen LogP contribution in [0.25, 0.3) is 0 Å². The van der Waals surface area contributed by atoms with Gasteiger partial charge in [-0.15, -0.1) is 0 Å². The molecule has 2 rings (SSSR count). The third-order valence-electron chi connectivity index (χ3n) is 3.41. The minimum absolute atomic E-state index is 0.0399. The highest BCUT2D eigenvalue weighted by molar-refractivity contribution is 6.04. The third kappa shape index (κ3) is 3.83. The van der Waals surface area contributed by atoms with Gasteiger partial charge in [-0.2, -0.15) is 0 Å². The van der Waals surface area contributed by atoms with Gasteiger partial charge in [0.1, 0.15) is 0 Å². The van der Waals surface area contributed by atoms with Gasteiger partial charge in [0.05, 0.1) is 6.61 Å². The van der Waals surface area contributed by atoms with Gasteiger partial charge in [0, 0.05) is 30.5 Å². The van der Waals surface area contributed by atoms with Crippen molar-refractivity contribution >= 4 is 17.3 Å². The van der Waals surface area contributed by atoms with E-state index in [1.807, 2.05) is 37.4 Å². The molecule has 0 unspecified atom stereocenters. The maximum Gasteiger partial charge on any atom is 0.255 e. The van der Waals surface area contributed by atoms with E-state index in [-0.39, 0.29) is 12.5 Å². The molecule has 0 saturated heterocycles. The van der Waals surface area contributed by atoms with Gasteiger partial charge in [0.15, 0.2) is 0 Å². The van der Waals surface area contributed by atoms with Gasteiger partial charge >= 0.3 is 0 Å². The van der Waals surface area contributed by atoms with Crippen molar-refractivity contribution in [1.82, 2.24) is 0 Å². The molecule has 0 bridgehead atoms. The van der Waals surface area contributed by atoms with E-state index in [4.69, 9.17) is 5.11 Å². The Bertz CT molecular complexity index is 608. The van der Waals surface area contributed by atoms with Crippen LogP contribution >= 0.6 is 0 Å². The van der Waals surface area contributed by atoms with E-state index < -0.39 is 0 Å². The van der Waals surface area contributed by atoms with Crippen molar-refractivity contribution in [3.8, 4) is 0 Å². The minimum Gasteiger partial charge on any atom is -0.392 e. The molecule has 4 heteroatoms. The highest BCUT2D eigenvalue weighted by Gasteiger charge is 2.07. The van der Waals surface area contributed by atoms with Gasteiger partial charge in [0.2, 0.25) is 0 Å². The maximum atomic E-state index is 12.2. The number of carbonyl (C=O) groups is 1. The summed E-state index contributed by atoms with van der Waals surface area (Å²) in [4.78, 5) is 14.3. The Kier molecular flexibility index (Phi) is 4.95. The Balaban J connectivity index is 2.09. The Morgan fingerprint density at radius 3 is 2.52 bits per heavy atom. The van der Waals surface area contributed by atoms with Crippen molar-refractivity contribution in [2.24, 2.45) is 0 Å². The first-order chi connectivity index (χ1) is 10.1. The lowest BCUT2D eigenvalue weighted by atomic mass is 10.1. The molecule has 0 saturated carbocycles. The van der Waals surface area contributed by atoms with Gasteiger partial charge in [-0.3, -0.25) is 4.79 Å². The largest absolute Gasteiger partial charge is 0.392 e. The molecule has 0 aromatic heterocycles. The number of rotatable bonds is 5. The molecule has 0 aliphatic carbocycles. The van der Waals surface area contributed by atoms with Crippen LogP contribution < -0.4 is 10.2 Å². The molecule has 0 atom stereocenters. The smallest absolute Gasteiger partial charge is 0.255 e. The topological polar surface area (TPSA) is 52.6 Å². The number of benzene rings is 2. The fourth-order valence-electron chi connectivity index (χ4n) is 2.00. The zero-order valence-electron chi connectivity index (χ0n) is 12.3. The van der Waals surface area contributed by atoms with E-state index in [1.54, 1.807) is 18.2 Å². The van der Waals surface area contributed by atoms with Crippen molar-refractivity contribution in [3.05, 3.63) is 59.7 Å². The highest BCUT2D eigenvalue weighted by Crippen LogP contribution is 2.16. The first-order valence-corrected chi connectivity index (χ1v) is 6.96. The Labute approximate surface area is 125 Å². The van der Waals surface area contributed by atoms with Crippen molar-refractivity contribution in [1.29, 1.82) is 0 Å². The average molecular weight is 284 g/mol. The second kappa shape index (κ2) is 6.90. The quantitative estimate of drug-likeness (QED) is 0.887. The summed E-state index contributed by atoms with van der Waals surface area (Å²) in [6, 6.07) is 14.7. The van der Waals surface area contributed by atoms with Gasteiger partial charge in [-0.25, -0.2) is 0 Å². The van der Waals surface area contributed by atoms with Gasteiger partial charge in [-0.1, -0.05) is 12.1 Å². The summed E-state index contributed by atoms with van der Waals surface area (Å²) < 4.78 is 0. The van der Waals surface area contributed by atoms with Gasteiger partial charge in [0.25, 0.3) is 5.91 Å². The molecule has 0 aliphatic rings. The van der Waals surface area contributed by atoms with Crippen molar-refractivity contribution in [2.75, 3.05) is 23.8 Å². The fourth-order valence-corrected chi connectivity index (χ4v) is 2.00. The zero-order chi connectivity index (χ0) is 15.2. The van der Waals surface area contributed by atoms with Gasteiger partial charge in [-0.05, 0) is 48.9 Å². The number of carbonyl (C=O) groups excluding carboxylic acids is 1. The summed E-state index contributed by atoms with van der Waals surface area (Å²) in [5.74, 6) is -0.157. The van der Waals surface area contributed by atoms with Crippen LogP contribution in [0.5, 0.6) is 0 Å². The molecule has 4 nitrogen and oxygen atoms in total. The fraction of sp³-hybridized carbons (Fsp3) is 0.235. The molecule has 0 fully saturated rings. The van der Waals surface area contributed by atoms with Crippen LogP contribution in [0.4, 0.5) is 11.4 Å². The summed E-state index contributed by atoms with van der Waals surface area (Å²) in [5, 5.41) is 11.9. The van der Waals surface area contributed by atoms with Crippen LogP contribution in [0.15, 0.2) is 48.5 Å². The predicted octanol–water partition coefficient (Wildman–Crippen LogP) is 2.89. The van der Waals surface area contributed by atoms with E-state index in [1.165, 1.54) is 0 Å². The summed E-state index contributed by atoms with van der Waals surface area (Å²) in [5.41, 5.74) is 3.14. The number of hydrogen-bond donors (Lipinski definition) is 2. The molecule has 110 valence electrons. The highest BCUT2D eigenvalue weighted by atomic mass is 16.3. The van der Waals surface area contributed by atoms with Crippen LogP contribution in [0, 0.1) is 0 Å². The van der Waals surface area contributed by atoms with E-state index in [9.17, 15) is 4.79 Å². The van der Waals surface area contributed by atoms with Crippen LogP contribution in [0.3, 0.4) is 0 Å². The molecule has 0 heterocycles. The van der Waals surface area contributed by atoms with Gasteiger partial charge < -0.3 is 15.3 Å². The number of anilines is 2. The Morgan fingerprint density at radius 2 is 1.90 bits per heavy atom. The predicted molar refractivity (Wildman–Crippen MR) is 85.7 cm³/mol. The monoisotopic (exact) mass is 284 g/mol.